The molecule has 2 aromatic carbocycles. The van der Waals surface area contributed by atoms with Crippen molar-refractivity contribution in [1.82, 2.24) is 0 Å². The summed E-state index contributed by atoms with van der Waals surface area (Å²) in [5, 5.41) is 0. The van der Waals surface area contributed by atoms with Crippen molar-refractivity contribution in [2.45, 2.75) is 46.5 Å². The van der Waals surface area contributed by atoms with Gasteiger partial charge in [-0.05, 0) is 42.0 Å². The summed E-state index contributed by atoms with van der Waals surface area (Å²) in [6, 6.07) is 17.3. The minimum absolute atomic E-state index is 0.429. The first-order valence-electron chi connectivity index (χ1n) is 7.85. The fraction of sp³-hybridized carbons (Fsp3) is 0.350. The standard InChI is InChI=1S/C20H24N2/c1-14(2)18-7-6-8-19(15(3)4)20(18)22-13-21-17-11-9-16(5)10-12-17/h6-12,14-15H,1-5H3. The molecule has 2 aromatic rings. The van der Waals surface area contributed by atoms with Crippen molar-refractivity contribution in [3.63, 3.8) is 0 Å². The smallest absolute Gasteiger partial charge is 0.100 e. The summed E-state index contributed by atoms with van der Waals surface area (Å²) in [4.78, 5) is 8.88. The Morgan fingerprint density at radius 3 is 1.82 bits per heavy atom. The third-order valence-electron chi connectivity index (χ3n) is 3.72. The molecule has 0 aliphatic heterocycles. The average molecular weight is 292 g/mol. The van der Waals surface area contributed by atoms with Gasteiger partial charge >= 0.3 is 0 Å². The molecular formula is C20H24N2. The minimum atomic E-state index is 0.429. The Balaban J connectivity index is 2.42. The van der Waals surface area contributed by atoms with E-state index in [4.69, 9.17) is 0 Å². The second-order valence-corrected chi connectivity index (χ2v) is 6.25. The van der Waals surface area contributed by atoms with Gasteiger partial charge < -0.3 is 0 Å². The van der Waals surface area contributed by atoms with E-state index >= 15 is 0 Å². The van der Waals surface area contributed by atoms with Gasteiger partial charge in [0.2, 0.25) is 0 Å². The van der Waals surface area contributed by atoms with Crippen LogP contribution in [-0.4, -0.2) is 6.01 Å². The van der Waals surface area contributed by atoms with Gasteiger partial charge in [0.1, 0.15) is 6.01 Å². The van der Waals surface area contributed by atoms with Crippen LogP contribution in [-0.2, 0) is 0 Å². The van der Waals surface area contributed by atoms with E-state index < -0.39 is 0 Å². The predicted molar refractivity (Wildman–Crippen MR) is 95.0 cm³/mol. The molecule has 22 heavy (non-hydrogen) atoms. The van der Waals surface area contributed by atoms with E-state index in [-0.39, 0.29) is 0 Å². The Morgan fingerprint density at radius 2 is 1.32 bits per heavy atom. The monoisotopic (exact) mass is 292 g/mol. The van der Waals surface area contributed by atoms with Gasteiger partial charge in [-0.25, -0.2) is 0 Å². The van der Waals surface area contributed by atoms with E-state index in [9.17, 15) is 0 Å². The highest BCUT2D eigenvalue weighted by molar-refractivity contribution is 5.64. The lowest BCUT2D eigenvalue weighted by Gasteiger charge is -2.15. The number of aliphatic imine (C=N–C) groups is 2. The summed E-state index contributed by atoms with van der Waals surface area (Å²) in [6.45, 7) is 10.8. The van der Waals surface area contributed by atoms with Crippen molar-refractivity contribution in [2.24, 2.45) is 9.98 Å². The van der Waals surface area contributed by atoms with E-state index in [1.54, 1.807) is 0 Å². The molecule has 0 aliphatic carbocycles. The Hall–Kier alpha value is -2.18. The Morgan fingerprint density at radius 1 is 0.773 bits per heavy atom. The number of nitrogens with zero attached hydrogens (tertiary/aromatic N) is 2. The van der Waals surface area contributed by atoms with Gasteiger partial charge in [-0.2, -0.15) is 9.98 Å². The maximum atomic E-state index is 4.55. The lowest BCUT2D eigenvalue weighted by atomic mass is 9.93. The summed E-state index contributed by atoms with van der Waals surface area (Å²) in [6.07, 6.45) is 0. The Bertz CT molecular complexity index is 662. The van der Waals surface area contributed by atoms with Crippen molar-refractivity contribution in [1.29, 1.82) is 0 Å². The first-order chi connectivity index (χ1) is 10.5. The molecule has 0 amide bonds. The summed E-state index contributed by atoms with van der Waals surface area (Å²) in [5.74, 6) is 0.859. The first-order valence-corrected chi connectivity index (χ1v) is 7.85. The molecule has 0 aromatic heterocycles. The molecule has 2 nitrogen and oxygen atoms in total. The number of hydrogen-bond acceptors (Lipinski definition) is 2. The number of rotatable bonds is 4. The van der Waals surface area contributed by atoms with E-state index in [1.165, 1.54) is 16.7 Å². The van der Waals surface area contributed by atoms with Gasteiger partial charge in [-0.1, -0.05) is 63.6 Å². The van der Waals surface area contributed by atoms with Gasteiger partial charge in [-0.3, -0.25) is 0 Å². The largest absolute Gasteiger partial charge is 0.188 e. The van der Waals surface area contributed by atoms with Crippen LogP contribution < -0.4 is 0 Å². The van der Waals surface area contributed by atoms with Crippen LogP contribution >= 0.6 is 0 Å². The van der Waals surface area contributed by atoms with Gasteiger partial charge in [-0.15, -0.1) is 0 Å². The minimum Gasteiger partial charge on any atom is -0.188 e. The highest BCUT2D eigenvalue weighted by atomic mass is 14.8. The van der Waals surface area contributed by atoms with Crippen molar-refractivity contribution in [3.05, 3.63) is 59.2 Å². The number of aryl methyl sites for hydroxylation is 1. The van der Waals surface area contributed by atoms with Crippen LogP contribution in [0.3, 0.4) is 0 Å². The predicted octanol–water partition coefficient (Wildman–Crippen LogP) is 6.38. The van der Waals surface area contributed by atoms with Crippen molar-refractivity contribution >= 4 is 17.4 Å². The zero-order valence-electron chi connectivity index (χ0n) is 14.1. The maximum Gasteiger partial charge on any atom is 0.100 e. The second kappa shape index (κ2) is 7.20. The number of hydrogen-bond donors (Lipinski definition) is 0. The van der Waals surface area contributed by atoms with Crippen LogP contribution in [0.15, 0.2) is 52.4 Å². The normalized spacial score (nSPS) is 10.7. The second-order valence-electron chi connectivity index (χ2n) is 6.25. The molecule has 0 saturated carbocycles. The fourth-order valence-electron chi connectivity index (χ4n) is 2.39. The van der Waals surface area contributed by atoms with Gasteiger partial charge in [0.25, 0.3) is 0 Å². The quantitative estimate of drug-likeness (QED) is 0.584. The van der Waals surface area contributed by atoms with E-state index in [0.717, 1.165) is 11.4 Å². The molecule has 114 valence electrons. The highest BCUT2D eigenvalue weighted by Gasteiger charge is 2.12. The molecule has 0 unspecified atom stereocenters. The molecule has 0 radical (unpaired) electrons. The summed E-state index contributed by atoms with van der Waals surface area (Å²) < 4.78 is 0. The maximum absolute atomic E-state index is 4.55. The SMILES string of the molecule is Cc1ccc(N=C=Nc2c(C(C)C)cccc2C(C)C)cc1. The third kappa shape index (κ3) is 3.93. The molecule has 0 spiro atoms. The molecule has 0 atom stereocenters. The third-order valence-corrected chi connectivity index (χ3v) is 3.72. The van der Waals surface area contributed by atoms with Crippen LogP contribution in [0.4, 0.5) is 11.4 Å². The molecule has 0 heterocycles. The van der Waals surface area contributed by atoms with E-state index in [1.807, 2.05) is 24.3 Å². The molecule has 0 bridgehead atoms. The summed E-state index contributed by atoms with van der Waals surface area (Å²) >= 11 is 0. The molecular weight excluding hydrogens is 268 g/mol. The van der Waals surface area contributed by atoms with Crippen LogP contribution in [0.2, 0.25) is 0 Å². The van der Waals surface area contributed by atoms with Crippen LogP contribution in [0.5, 0.6) is 0 Å². The van der Waals surface area contributed by atoms with Crippen LogP contribution in [0, 0.1) is 6.92 Å². The zero-order valence-corrected chi connectivity index (χ0v) is 14.1. The van der Waals surface area contributed by atoms with Gasteiger partial charge in [0, 0.05) is 0 Å². The molecule has 0 aliphatic rings. The fourth-order valence-corrected chi connectivity index (χ4v) is 2.39. The first kappa shape index (κ1) is 16.2. The summed E-state index contributed by atoms with van der Waals surface area (Å²) in [5.41, 5.74) is 5.62. The lowest BCUT2D eigenvalue weighted by molar-refractivity contribution is 0.835. The topological polar surface area (TPSA) is 24.7 Å². The molecule has 2 heteroatoms. The number of para-hydroxylation sites is 1. The zero-order chi connectivity index (χ0) is 16.1. The highest BCUT2D eigenvalue weighted by Crippen LogP contribution is 2.34. The van der Waals surface area contributed by atoms with Crippen molar-refractivity contribution < 1.29 is 0 Å². The molecule has 0 saturated heterocycles. The van der Waals surface area contributed by atoms with E-state index in [0.29, 0.717) is 11.8 Å². The average Bonchev–Trinajstić information content (AvgIpc) is 2.49. The number of benzene rings is 2. The molecule has 0 fully saturated rings. The lowest BCUT2D eigenvalue weighted by Crippen LogP contribution is -1.94. The van der Waals surface area contributed by atoms with Crippen LogP contribution in [0.1, 0.15) is 56.2 Å². The van der Waals surface area contributed by atoms with Gasteiger partial charge in [0.15, 0.2) is 0 Å². The van der Waals surface area contributed by atoms with Crippen molar-refractivity contribution in [2.75, 3.05) is 0 Å². The van der Waals surface area contributed by atoms with Gasteiger partial charge in [0.05, 0.1) is 11.4 Å². The van der Waals surface area contributed by atoms with Crippen molar-refractivity contribution in [3.8, 4) is 0 Å². The molecule has 0 N–H and O–H groups in total. The van der Waals surface area contributed by atoms with E-state index in [2.05, 4.69) is 68.8 Å². The Kier molecular flexibility index (Phi) is 5.30. The molecule has 2 rings (SSSR count). The summed E-state index contributed by atoms with van der Waals surface area (Å²) in [7, 11) is 0. The van der Waals surface area contributed by atoms with Crippen LogP contribution in [0.25, 0.3) is 0 Å². The Labute approximate surface area is 133 Å².